The maximum Gasteiger partial charge on any atom is 0.404 e. The number of ether oxygens (including phenoxy) is 1. The Bertz CT molecular complexity index is 391. The molecule has 1 aromatic rings. The van der Waals surface area contributed by atoms with Crippen molar-refractivity contribution in [2.75, 3.05) is 32.8 Å². The smallest absolute Gasteiger partial charge is 0.404 e. The number of primary amides is 1. The molecule has 0 aromatic heterocycles. The van der Waals surface area contributed by atoms with Gasteiger partial charge in [0.2, 0.25) is 0 Å². The number of amides is 1. The lowest BCUT2D eigenvalue weighted by Gasteiger charge is -2.35. The SMILES string of the molecule is NC(=O)OCCC(c1ccccc1)N1CCNCC1. The van der Waals surface area contributed by atoms with Crippen LogP contribution in [0.15, 0.2) is 30.3 Å². The average molecular weight is 263 g/mol. The average Bonchev–Trinajstić information content (AvgIpc) is 2.45. The number of piperazine rings is 1. The van der Waals surface area contributed by atoms with Crippen molar-refractivity contribution < 1.29 is 9.53 Å². The second kappa shape index (κ2) is 7.11. The molecule has 1 heterocycles. The Kier molecular flexibility index (Phi) is 5.18. The van der Waals surface area contributed by atoms with Gasteiger partial charge in [0.1, 0.15) is 0 Å². The molecule has 0 radical (unpaired) electrons. The van der Waals surface area contributed by atoms with Crippen molar-refractivity contribution in [3.05, 3.63) is 35.9 Å². The van der Waals surface area contributed by atoms with Crippen LogP contribution in [-0.4, -0.2) is 43.8 Å². The molecule has 1 fully saturated rings. The zero-order valence-electron chi connectivity index (χ0n) is 11.0. The Labute approximate surface area is 113 Å². The molecule has 1 aliphatic rings. The normalized spacial score (nSPS) is 17.9. The molecule has 1 saturated heterocycles. The zero-order valence-corrected chi connectivity index (χ0v) is 11.0. The molecule has 104 valence electrons. The van der Waals surface area contributed by atoms with Crippen LogP contribution in [0.5, 0.6) is 0 Å². The van der Waals surface area contributed by atoms with Crippen LogP contribution in [0.3, 0.4) is 0 Å². The Balaban J connectivity index is 2.01. The number of carbonyl (C=O) groups excluding carboxylic acids is 1. The number of nitrogens with zero attached hydrogens (tertiary/aromatic N) is 1. The van der Waals surface area contributed by atoms with Crippen LogP contribution in [0.1, 0.15) is 18.0 Å². The third-order valence-electron chi connectivity index (χ3n) is 3.41. The topological polar surface area (TPSA) is 67.6 Å². The molecule has 1 aromatic carbocycles. The van der Waals surface area contributed by atoms with Crippen LogP contribution in [0.25, 0.3) is 0 Å². The van der Waals surface area contributed by atoms with Crippen molar-refractivity contribution >= 4 is 6.09 Å². The van der Waals surface area contributed by atoms with Crippen molar-refractivity contribution in [3.63, 3.8) is 0 Å². The van der Waals surface area contributed by atoms with Gasteiger partial charge in [-0.3, -0.25) is 4.90 Å². The molecule has 0 saturated carbocycles. The fourth-order valence-electron chi connectivity index (χ4n) is 2.50. The van der Waals surface area contributed by atoms with E-state index in [4.69, 9.17) is 10.5 Å². The molecule has 3 N–H and O–H groups in total. The summed E-state index contributed by atoms with van der Waals surface area (Å²) in [6, 6.07) is 10.6. The summed E-state index contributed by atoms with van der Waals surface area (Å²) in [5, 5.41) is 3.35. The van der Waals surface area contributed by atoms with E-state index in [-0.39, 0.29) is 6.04 Å². The predicted molar refractivity (Wildman–Crippen MR) is 73.8 cm³/mol. The lowest BCUT2D eigenvalue weighted by Crippen LogP contribution is -2.45. The Morgan fingerprint density at radius 2 is 2.00 bits per heavy atom. The molecule has 1 unspecified atom stereocenters. The highest BCUT2D eigenvalue weighted by Crippen LogP contribution is 2.24. The summed E-state index contributed by atoms with van der Waals surface area (Å²) in [5.74, 6) is 0. The highest BCUT2D eigenvalue weighted by molar-refractivity contribution is 5.64. The Morgan fingerprint density at radius 3 is 2.63 bits per heavy atom. The Morgan fingerprint density at radius 1 is 1.32 bits per heavy atom. The first kappa shape index (κ1) is 13.8. The third-order valence-corrected chi connectivity index (χ3v) is 3.41. The molecule has 0 aliphatic carbocycles. The molecular weight excluding hydrogens is 242 g/mol. The van der Waals surface area contributed by atoms with E-state index in [2.05, 4.69) is 22.3 Å². The number of hydrogen-bond donors (Lipinski definition) is 2. The van der Waals surface area contributed by atoms with Crippen molar-refractivity contribution in [2.45, 2.75) is 12.5 Å². The van der Waals surface area contributed by atoms with E-state index in [1.165, 1.54) is 5.56 Å². The molecule has 1 atom stereocenters. The van der Waals surface area contributed by atoms with Gasteiger partial charge in [-0.15, -0.1) is 0 Å². The maximum absolute atomic E-state index is 10.7. The van der Waals surface area contributed by atoms with Crippen LogP contribution in [0.4, 0.5) is 4.79 Å². The largest absolute Gasteiger partial charge is 0.450 e. The van der Waals surface area contributed by atoms with Gasteiger partial charge >= 0.3 is 6.09 Å². The first-order valence-corrected chi connectivity index (χ1v) is 6.69. The van der Waals surface area contributed by atoms with E-state index in [1.807, 2.05) is 18.2 Å². The van der Waals surface area contributed by atoms with E-state index in [1.54, 1.807) is 0 Å². The molecule has 2 rings (SSSR count). The quantitative estimate of drug-likeness (QED) is 0.835. The highest BCUT2D eigenvalue weighted by Gasteiger charge is 2.22. The van der Waals surface area contributed by atoms with E-state index >= 15 is 0 Å². The summed E-state index contributed by atoms with van der Waals surface area (Å²) in [7, 11) is 0. The van der Waals surface area contributed by atoms with Gasteiger partial charge in [-0.25, -0.2) is 4.79 Å². The summed E-state index contributed by atoms with van der Waals surface area (Å²) in [6.07, 6.45) is 0.0690. The molecule has 5 nitrogen and oxygen atoms in total. The van der Waals surface area contributed by atoms with Crippen LogP contribution >= 0.6 is 0 Å². The van der Waals surface area contributed by atoms with Gasteiger partial charge in [0.15, 0.2) is 0 Å². The van der Waals surface area contributed by atoms with Gasteiger partial charge in [0.05, 0.1) is 6.61 Å². The highest BCUT2D eigenvalue weighted by atomic mass is 16.5. The summed E-state index contributed by atoms with van der Waals surface area (Å²) < 4.78 is 4.88. The third kappa shape index (κ3) is 4.22. The van der Waals surface area contributed by atoms with Gasteiger partial charge in [-0.05, 0) is 5.56 Å². The standard InChI is InChI=1S/C14H21N3O2/c15-14(18)19-11-6-13(12-4-2-1-3-5-12)17-9-7-16-8-10-17/h1-5,13,16H,6-11H2,(H2,15,18). The van der Waals surface area contributed by atoms with E-state index in [0.29, 0.717) is 6.61 Å². The molecule has 1 aliphatic heterocycles. The molecule has 0 spiro atoms. The fourth-order valence-corrected chi connectivity index (χ4v) is 2.50. The zero-order chi connectivity index (χ0) is 13.5. The second-order valence-corrected chi connectivity index (χ2v) is 4.67. The van der Waals surface area contributed by atoms with Gasteiger partial charge < -0.3 is 15.8 Å². The summed E-state index contributed by atoms with van der Waals surface area (Å²) in [4.78, 5) is 13.1. The van der Waals surface area contributed by atoms with E-state index in [9.17, 15) is 4.79 Å². The maximum atomic E-state index is 10.7. The number of nitrogens with two attached hydrogens (primary N) is 1. The fraction of sp³-hybridized carbons (Fsp3) is 0.500. The number of nitrogens with one attached hydrogen (secondary N) is 1. The van der Waals surface area contributed by atoms with Crippen molar-refractivity contribution in [1.82, 2.24) is 10.2 Å². The molecule has 0 bridgehead atoms. The lowest BCUT2D eigenvalue weighted by atomic mass is 10.0. The Hall–Kier alpha value is -1.59. The molecule has 19 heavy (non-hydrogen) atoms. The van der Waals surface area contributed by atoms with Crippen molar-refractivity contribution in [1.29, 1.82) is 0 Å². The molecular formula is C14H21N3O2. The van der Waals surface area contributed by atoms with Gasteiger partial charge in [-0.2, -0.15) is 0 Å². The van der Waals surface area contributed by atoms with Crippen LogP contribution in [-0.2, 0) is 4.74 Å². The molecule has 1 amide bonds. The summed E-state index contributed by atoms with van der Waals surface area (Å²) in [5.41, 5.74) is 6.27. The van der Waals surface area contributed by atoms with E-state index in [0.717, 1.165) is 32.6 Å². The van der Waals surface area contributed by atoms with Crippen LogP contribution < -0.4 is 11.1 Å². The number of hydrogen-bond acceptors (Lipinski definition) is 4. The predicted octanol–water partition coefficient (Wildman–Crippen LogP) is 1.12. The monoisotopic (exact) mass is 263 g/mol. The number of carbonyl (C=O) groups is 1. The summed E-state index contributed by atoms with van der Waals surface area (Å²) in [6.45, 7) is 4.38. The minimum atomic E-state index is -0.702. The first-order valence-electron chi connectivity index (χ1n) is 6.69. The van der Waals surface area contributed by atoms with Crippen LogP contribution in [0.2, 0.25) is 0 Å². The number of benzene rings is 1. The minimum Gasteiger partial charge on any atom is -0.450 e. The van der Waals surface area contributed by atoms with Crippen molar-refractivity contribution in [3.8, 4) is 0 Å². The van der Waals surface area contributed by atoms with Crippen molar-refractivity contribution in [2.24, 2.45) is 5.73 Å². The lowest BCUT2D eigenvalue weighted by molar-refractivity contribution is 0.118. The van der Waals surface area contributed by atoms with Gasteiger partial charge in [0, 0.05) is 38.6 Å². The van der Waals surface area contributed by atoms with Gasteiger partial charge in [-0.1, -0.05) is 30.3 Å². The first-order chi connectivity index (χ1) is 9.27. The molecule has 5 heteroatoms. The minimum absolute atomic E-state index is 0.280. The van der Waals surface area contributed by atoms with Crippen LogP contribution in [0, 0.1) is 0 Å². The number of rotatable bonds is 5. The van der Waals surface area contributed by atoms with Gasteiger partial charge in [0.25, 0.3) is 0 Å². The van der Waals surface area contributed by atoms with E-state index < -0.39 is 6.09 Å². The second-order valence-electron chi connectivity index (χ2n) is 4.67. The summed E-state index contributed by atoms with van der Waals surface area (Å²) >= 11 is 0.